The molecule has 0 amide bonds. The first kappa shape index (κ1) is 12.0. The number of hydrogen-bond donors (Lipinski definition) is 1. The summed E-state index contributed by atoms with van der Waals surface area (Å²) in [6.07, 6.45) is 3.92. The normalized spacial score (nSPS) is 25.1. The monoisotopic (exact) mass is 248 g/mol. The fourth-order valence-corrected chi connectivity index (χ4v) is 3.42. The van der Waals surface area contributed by atoms with Crippen LogP contribution < -0.4 is 10.2 Å². The van der Waals surface area contributed by atoms with E-state index in [9.17, 15) is 4.39 Å². The molecule has 1 saturated carbocycles. The lowest BCUT2D eigenvalue weighted by Crippen LogP contribution is -2.32. The SMILES string of the molecule is CN(CC1CC12CCNCC2)c1ccccc1F. The van der Waals surface area contributed by atoms with Crippen LogP contribution in [0.4, 0.5) is 10.1 Å². The van der Waals surface area contributed by atoms with Crippen LogP contribution in [0, 0.1) is 17.2 Å². The number of halogens is 1. The van der Waals surface area contributed by atoms with Gasteiger partial charge in [-0.05, 0) is 55.8 Å². The van der Waals surface area contributed by atoms with Crippen LogP contribution in [0.15, 0.2) is 24.3 Å². The third-order valence-corrected chi connectivity index (χ3v) is 4.72. The van der Waals surface area contributed by atoms with Gasteiger partial charge in [-0.15, -0.1) is 0 Å². The fourth-order valence-electron chi connectivity index (χ4n) is 3.42. The largest absolute Gasteiger partial charge is 0.372 e. The van der Waals surface area contributed by atoms with Crippen molar-refractivity contribution in [1.82, 2.24) is 5.32 Å². The topological polar surface area (TPSA) is 15.3 Å². The first-order chi connectivity index (χ1) is 8.71. The molecule has 2 aliphatic rings. The summed E-state index contributed by atoms with van der Waals surface area (Å²) < 4.78 is 13.7. The second kappa shape index (κ2) is 4.54. The number of piperidine rings is 1. The van der Waals surface area contributed by atoms with Gasteiger partial charge in [-0.25, -0.2) is 4.39 Å². The lowest BCUT2D eigenvalue weighted by Gasteiger charge is -2.26. The van der Waals surface area contributed by atoms with Crippen molar-refractivity contribution < 1.29 is 4.39 Å². The summed E-state index contributed by atoms with van der Waals surface area (Å²) in [6.45, 7) is 3.29. The van der Waals surface area contributed by atoms with Crippen LogP contribution in [0.3, 0.4) is 0 Å². The molecule has 1 saturated heterocycles. The van der Waals surface area contributed by atoms with E-state index in [0.29, 0.717) is 5.41 Å². The summed E-state index contributed by atoms with van der Waals surface area (Å²) in [7, 11) is 2.01. The first-order valence-corrected chi connectivity index (χ1v) is 6.88. The molecular weight excluding hydrogens is 227 g/mol. The van der Waals surface area contributed by atoms with Crippen LogP contribution in [0.2, 0.25) is 0 Å². The van der Waals surface area contributed by atoms with Crippen LogP contribution in [0.25, 0.3) is 0 Å². The predicted molar refractivity (Wildman–Crippen MR) is 72.3 cm³/mol. The summed E-state index contributed by atoms with van der Waals surface area (Å²) in [5.41, 5.74) is 1.30. The minimum absolute atomic E-state index is 0.111. The van der Waals surface area contributed by atoms with Crippen molar-refractivity contribution in [2.45, 2.75) is 19.3 Å². The van der Waals surface area contributed by atoms with Crippen LogP contribution in [-0.4, -0.2) is 26.7 Å². The lowest BCUT2D eigenvalue weighted by atomic mass is 9.92. The van der Waals surface area contributed by atoms with E-state index in [2.05, 4.69) is 10.2 Å². The molecule has 3 heteroatoms. The van der Waals surface area contributed by atoms with Crippen LogP contribution in [-0.2, 0) is 0 Å². The van der Waals surface area contributed by atoms with Gasteiger partial charge in [0, 0.05) is 13.6 Å². The van der Waals surface area contributed by atoms with Crippen LogP contribution in [0.1, 0.15) is 19.3 Å². The second-order valence-corrected chi connectivity index (χ2v) is 5.85. The summed E-state index contributed by atoms with van der Waals surface area (Å²) in [4.78, 5) is 2.08. The maximum atomic E-state index is 13.7. The van der Waals surface area contributed by atoms with E-state index in [1.54, 1.807) is 12.1 Å². The Morgan fingerprint density at radius 1 is 1.33 bits per heavy atom. The average Bonchev–Trinajstić information content (AvgIpc) is 3.02. The highest BCUT2D eigenvalue weighted by Gasteiger charge is 2.53. The van der Waals surface area contributed by atoms with Gasteiger partial charge in [0.2, 0.25) is 0 Å². The van der Waals surface area contributed by atoms with Crippen molar-refractivity contribution in [2.75, 3.05) is 31.6 Å². The van der Waals surface area contributed by atoms with Gasteiger partial charge in [0.15, 0.2) is 0 Å². The Labute approximate surface area is 108 Å². The summed E-state index contributed by atoms with van der Waals surface area (Å²) in [5.74, 6) is 0.643. The quantitative estimate of drug-likeness (QED) is 0.884. The van der Waals surface area contributed by atoms with Gasteiger partial charge < -0.3 is 10.2 Å². The van der Waals surface area contributed by atoms with Crippen molar-refractivity contribution in [3.05, 3.63) is 30.1 Å². The predicted octanol–water partition coefficient (Wildman–Crippen LogP) is 2.65. The smallest absolute Gasteiger partial charge is 0.146 e. The third-order valence-electron chi connectivity index (χ3n) is 4.72. The van der Waals surface area contributed by atoms with Gasteiger partial charge in [0.25, 0.3) is 0 Å². The number of nitrogens with zero attached hydrogens (tertiary/aromatic N) is 1. The molecule has 1 unspecified atom stereocenters. The molecule has 1 N–H and O–H groups in total. The van der Waals surface area contributed by atoms with Gasteiger partial charge in [0.05, 0.1) is 5.69 Å². The van der Waals surface area contributed by atoms with Gasteiger partial charge in [-0.2, -0.15) is 0 Å². The van der Waals surface area contributed by atoms with E-state index in [1.807, 2.05) is 19.2 Å². The molecule has 1 atom stereocenters. The number of hydrogen-bond acceptors (Lipinski definition) is 2. The molecule has 0 bridgehead atoms. The first-order valence-electron chi connectivity index (χ1n) is 6.88. The number of benzene rings is 1. The number of nitrogens with one attached hydrogen (secondary N) is 1. The number of para-hydroxylation sites is 1. The summed E-state index contributed by atoms with van der Waals surface area (Å²) in [6, 6.07) is 7.06. The lowest BCUT2D eigenvalue weighted by molar-refractivity contribution is 0.324. The summed E-state index contributed by atoms with van der Waals surface area (Å²) >= 11 is 0. The second-order valence-electron chi connectivity index (χ2n) is 5.85. The molecule has 98 valence electrons. The zero-order valence-electron chi connectivity index (χ0n) is 11.0. The number of rotatable bonds is 3. The van der Waals surface area contributed by atoms with E-state index >= 15 is 0 Å². The van der Waals surface area contributed by atoms with E-state index < -0.39 is 0 Å². The van der Waals surface area contributed by atoms with E-state index in [0.717, 1.165) is 31.2 Å². The zero-order chi connectivity index (χ0) is 12.6. The van der Waals surface area contributed by atoms with Crippen LogP contribution in [0.5, 0.6) is 0 Å². The average molecular weight is 248 g/mol. The maximum Gasteiger partial charge on any atom is 0.146 e. The molecule has 1 spiro atoms. The van der Waals surface area contributed by atoms with Gasteiger partial charge in [-0.1, -0.05) is 12.1 Å². The molecule has 2 nitrogen and oxygen atoms in total. The molecule has 0 radical (unpaired) electrons. The Hall–Kier alpha value is -1.09. The molecule has 18 heavy (non-hydrogen) atoms. The van der Waals surface area contributed by atoms with Gasteiger partial charge in [-0.3, -0.25) is 0 Å². The molecule has 2 fully saturated rings. The minimum atomic E-state index is -0.111. The van der Waals surface area contributed by atoms with E-state index in [1.165, 1.54) is 19.3 Å². The third kappa shape index (κ3) is 2.12. The van der Waals surface area contributed by atoms with Crippen molar-refractivity contribution in [2.24, 2.45) is 11.3 Å². The van der Waals surface area contributed by atoms with Crippen molar-refractivity contribution in [3.8, 4) is 0 Å². The molecule has 1 heterocycles. The molecule has 1 aromatic rings. The van der Waals surface area contributed by atoms with Crippen LogP contribution >= 0.6 is 0 Å². The maximum absolute atomic E-state index is 13.7. The Morgan fingerprint density at radius 2 is 2.06 bits per heavy atom. The van der Waals surface area contributed by atoms with Gasteiger partial charge in [0.1, 0.15) is 5.82 Å². The summed E-state index contributed by atoms with van der Waals surface area (Å²) in [5, 5.41) is 3.42. The van der Waals surface area contributed by atoms with E-state index in [4.69, 9.17) is 0 Å². The number of anilines is 1. The fraction of sp³-hybridized carbons (Fsp3) is 0.600. The van der Waals surface area contributed by atoms with Gasteiger partial charge >= 0.3 is 0 Å². The van der Waals surface area contributed by atoms with Crippen molar-refractivity contribution in [3.63, 3.8) is 0 Å². The Balaban J connectivity index is 1.63. The highest BCUT2D eigenvalue weighted by molar-refractivity contribution is 5.47. The Kier molecular flexibility index (Phi) is 3.02. The van der Waals surface area contributed by atoms with Crippen molar-refractivity contribution >= 4 is 5.69 Å². The van der Waals surface area contributed by atoms with E-state index in [-0.39, 0.29) is 5.82 Å². The Bertz CT molecular complexity index is 426. The highest BCUT2D eigenvalue weighted by atomic mass is 19.1. The Morgan fingerprint density at radius 3 is 2.78 bits per heavy atom. The zero-order valence-corrected chi connectivity index (χ0v) is 11.0. The van der Waals surface area contributed by atoms with Crippen molar-refractivity contribution in [1.29, 1.82) is 0 Å². The molecular formula is C15H21FN2. The molecule has 1 aromatic carbocycles. The molecule has 3 rings (SSSR count). The molecule has 1 aliphatic carbocycles. The standard InChI is InChI=1S/C15H21FN2/c1-18(14-5-3-2-4-13(14)16)11-12-10-15(12)6-8-17-9-7-15/h2-5,12,17H,6-11H2,1H3. The highest BCUT2D eigenvalue weighted by Crippen LogP contribution is 2.58. The minimum Gasteiger partial charge on any atom is -0.372 e. The molecule has 1 aliphatic heterocycles. The molecule has 0 aromatic heterocycles.